The normalized spacial score (nSPS) is 37.1. The lowest BCUT2D eigenvalue weighted by molar-refractivity contribution is 0.165. The summed E-state index contributed by atoms with van der Waals surface area (Å²) in [6.07, 6.45) is 7.85. The van der Waals surface area contributed by atoms with Crippen LogP contribution in [0.3, 0.4) is 0 Å². The molecule has 3 unspecified atom stereocenters. The first kappa shape index (κ1) is 7.82. The Labute approximate surface area is 73.3 Å². The highest BCUT2D eigenvalue weighted by atomic mass is 14.9. The van der Waals surface area contributed by atoms with Crippen LogP contribution in [0.5, 0.6) is 0 Å². The van der Waals surface area contributed by atoms with E-state index in [1.807, 2.05) is 0 Å². The van der Waals surface area contributed by atoms with Crippen LogP contribution in [-0.4, -0.2) is 12.6 Å². The Morgan fingerprint density at radius 1 is 1.58 bits per heavy atom. The number of fused-ring (bicyclic) bond motifs is 1. The minimum Gasteiger partial charge on any atom is -0.312 e. The van der Waals surface area contributed by atoms with Crippen LogP contribution in [0.15, 0.2) is 12.2 Å². The molecule has 0 aromatic heterocycles. The fourth-order valence-electron chi connectivity index (χ4n) is 2.26. The third-order valence-electron chi connectivity index (χ3n) is 3.01. The Kier molecular flexibility index (Phi) is 2.14. The van der Waals surface area contributed by atoms with Crippen LogP contribution < -0.4 is 5.32 Å². The van der Waals surface area contributed by atoms with Gasteiger partial charge in [0, 0.05) is 19.0 Å². The van der Waals surface area contributed by atoms with Gasteiger partial charge in [0.1, 0.15) is 0 Å². The number of hydrogen-bond acceptors (Lipinski definition) is 2. The van der Waals surface area contributed by atoms with Crippen molar-refractivity contribution in [2.75, 3.05) is 6.54 Å². The molecule has 12 heavy (non-hydrogen) atoms. The van der Waals surface area contributed by atoms with Gasteiger partial charge in [0.2, 0.25) is 0 Å². The first-order valence-corrected chi connectivity index (χ1v) is 4.69. The number of allylic oxidation sites excluding steroid dienone is 1. The Morgan fingerprint density at radius 3 is 3.25 bits per heavy atom. The zero-order valence-electron chi connectivity index (χ0n) is 7.16. The monoisotopic (exact) mass is 162 g/mol. The predicted molar refractivity (Wildman–Crippen MR) is 47.4 cm³/mol. The SMILES string of the molecule is N#CCCNC1CC2CC=CC21. The maximum Gasteiger partial charge on any atom is 0.0635 e. The van der Waals surface area contributed by atoms with Gasteiger partial charge in [-0.05, 0) is 24.7 Å². The van der Waals surface area contributed by atoms with Gasteiger partial charge in [-0.25, -0.2) is 0 Å². The highest BCUT2D eigenvalue weighted by molar-refractivity contribution is 5.12. The molecule has 0 radical (unpaired) electrons. The minimum atomic E-state index is 0.637. The predicted octanol–water partition coefficient (Wildman–Crippen LogP) is 1.45. The summed E-state index contributed by atoms with van der Waals surface area (Å²) in [6.45, 7) is 0.859. The second kappa shape index (κ2) is 3.28. The van der Waals surface area contributed by atoms with Gasteiger partial charge in [-0.2, -0.15) is 5.26 Å². The van der Waals surface area contributed by atoms with Gasteiger partial charge < -0.3 is 5.32 Å². The molecule has 0 saturated heterocycles. The summed E-state index contributed by atoms with van der Waals surface area (Å²) in [7, 11) is 0. The molecule has 0 heterocycles. The van der Waals surface area contributed by atoms with Crippen molar-refractivity contribution in [1.29, 1.82) is 5.26 Å². The number of rotatable bonds is 3. The smallest absolute Gasteiger partial charge is 0.0635 e. The summed E-state index contributed by atoms with van der Waals surface area (Å²) in [5, 5.41) is 11.8. The summed E-state index contributed by atoms with van der Waals surface area (Å²) in [5.41, 5.74) is 0. The first-order valence-electron chi connectivity index (χ1n) is 4.69. The minimum absolute atomic E-state index is 0.637. The summed E-state index contributed by atoms with van der Waals surface area (Å²) in [4.78, 5) is 0. The third kappa shape index (κ3) is 1.25. The first-order chi connectivity index (χ1) is 5.92. The van der Waals surface area contributed by atoms with Gasteiger partial charge in [-0.3, -0.25) is 0 Å². The molecule has 0 bridgehead atoms. The van der Waals surface area contributed by atoms with E-state index in [1.54, 1.807) is 0 Å². The van der Waals surface area contributed by atoms with Crippen LogP contribution in [0.2, 0.25) is 0 Å². The Morgan fingerprint density at radius 2 is 2.50 bits per heavy atom. The van der Waals surface area contributed by atoms with Crippen LogP contribution in [0.25, 0.3) is 0 Å². The lowest BCUT2D eigenvalue weighted by atomic mass is 9.71. The van der Waals surface area contributed by atoms with E-state index in [0.29, 0.717) is 12.5 Å². The molecule has 2 heteroatoms. The van der Waals surface area contributed by atoms with E-state index in [9.17, 15) is 0 Å². The van der Waals surface area contributed by atoms with Gasteiger partial charge in [0.05, 0.1) is 6.07 Å². The molecule has 3 atom stereocenters. The number of nitrogens with zero attached hydrogens (tertiary/aromatic N) is 1. The molecule has 2 nitrogen and oxygen atoms in total. The summed E-state index contributed by atoms with van der Waals surface area (Å²) in [6, 6.07) is 2.82. The lowest BCUT2D eigenvalue weighted by Crippen LogP contribution is -2.48. The lowest BCUT2D eigenvalue weighted by Gasteiger charge is -2.40. The fraction of sp³-hybridized carbons (Fsp3) is 0.700. The summed E-state index contributed by atoms with van der Waals surface area (Å²) >= 11 is 0. The van der Waals surface area contributed by atoms with Gasteiger partial charge in [0.25, 0.3) is 0 Å². The Hall–Kier alpha value is -0.810. The van der Waals surface area contributed by atoms with Crippen molar-refractivity contribution in [2.45, 2.75) is 25.3 Å². The van der Waals surface area contributed by atoms with E-state index in [1.165, 1.54) is 12.8 Å². The molecule has 0 amide bonds. The third-order valence-corrected chi connectivity index (χ3v) is 3.01. The average Bonchev–Trinajstić information content (AvgIpc) is 2.41. The highest BCUT2D eigenvalue weighted by Crippen LogP contribution is 2.42. The van der Waals surface area contributed by atoms with E-state index in [4.69, 9.17) is 5.26 Å². The van der Waals surface area contributed by atoms with E-state index >= 15 is 0 Å². The molecule has 1 saturated carbocycles. The maximum absolute atomic E-state index is 8.35. The molecular weight excluding hydrogens is 148 g/mol. The van der Waals surface area contributed by atoms with Crippen molar-refractivity contribution in [2.24, 2.45) is 11.8 Å². The Bertz CT molecular complexity index is 226. The quantitative estimate of drug-likeness (QED) is 0.503. The second-order valence-corrected chi connectivity index (χ2v) is 3.71. The van der Waals surface area contributed by atoms with Crippen molar-refractivity contribution < 1.29 is 0 Å². The fourth-order valence-corrected chi connectivity index (χ4v) is 2.26. The molecule has 1 fully saturated rings. The molecule has 0 spiro atoms. The highest BCUT2D eigenvalue weighted by Gasteiger charge is 2.40. The Balaban J connectivity index is 1.71. The maximum atomic E-state index is 8.35. The molecule has 64 valence electrons. The van der Waals surface area contributed by atoms with Crippen molar-refractivity contribution in [3.8, 4) is 6.07 Å². The largest absolute Gasteiger partial charge is 0.312 e. The van der Waals surface area contributed by atoms with Crippen LogP contribution in [0.4, 0.5) is 0 Å². The van der Waals surface area contributed by atoms with Crippen LogP contribution in [0, 0.1) is 23.2 Å². The molecule has 2 rings (SSSR count). The van der Waals surface area contributed by atoms with Crippen LogP contribution >= 0.6 is 0 Å². The molecule has 0 aromatic carbocycles. The topological polar surface area (TPSA) is 35.8 Å². The van der Waals surface area contributed by atoms with E-state index in [-0.39, 0.29) is 0 Å². The van der Waals surface area contributed by atoms with Crippen molar-refractivity contribution in [1.82, 2.24) is 5.32 Å². The zero-order valence-corrected chi connectivity index (χ0v) is 7.16. The van der Waals surface area contributed by atoms with Crippen molar-refractivity contribution in [3.63, 3.8) is 0 Å². The molecular formula is C10H14N2. The second-order valence-electron chi connectivity index (χ2n) is 3.71. The summed E-state index contributed by atoms with van der Waals surface area (Å²) in [5.74, 6) is 1.70. The number of nitrogens with one attached hydrogen (secondary N) is 1. The van der Waals surface area contributed by atoms with Crippen molar-refractivity contribution >= 4 is 0 Å². The van der Waals surface area contributed by atoms with Gasteiger partial charge in [-0.1, -0.05) is 12.2 Å². The molecule has 0 aliphatic heterocycles. The average molecular weight is 162 g/mol. The zero-order chi connectivity index (χ0) is 8.39. The number of hydrogen-bond donors (Lipinski definition) is 1. The molecule has 2 aliphatic rings. The van der Waals surface area contributed by atoms with Gasteiger partial charge in [-0.15, -0.1) is 0 Å². The van der Waals surface area contributed by atoms with Crippen molar-refractivity contribution in [3.05, 3.63) is 12.2 Å². The number of nitriles is 1. The van der Waals surface area contributed by atoms with E-state index < -0.39 is 0 Å². The summed E-state index contributed by atoms with van der Waals surface area (Å²) < 4.78 is 0. The molecule has 2 aliphatic carbocycles. The standard InChI is InChI=1S/C10H14N2/c11-5-2-6-12-10-7-8-3-1-4-9(8)10/h1,4,8-10,12H,2-3,6-7H2. The molecule has 0 aromatic rings. The molecule has 1 N–H and O–H groups in total. The van der Waals surface area contributed by atoms with E-state index in [0.717, 1.165) is 18.4 Å². The van der Waals surface area contributed by atoms with Crippen LogP contribution in [0.1, 0.15) is 19.3 Å². The van der Waals surface area contributed by atoms with Gasteiger partial charge in [0.15, 0.2) is 0 Å². The van der Waals surface area contributed by atoms with Gasteiger partial charge >= 0.3 is 0 Å². The van der Waals surface area contributed by atoms with E-state index in [2.05, 4.69) is 23.5 Å². The van der Waals surface area contributed by atoms with Crippen LogP contribution in [-0.2, 0) is 0 Å².